The monoisotopic (exact) mass is 347 g/mol. The zero-order valence-corrected chi connectivity index (χ0v) is 13.4. The molecule has 5 nitrogen and oxygen atoms in total. The fourth-order valence-corrected chi connectivity index (χ4v) is 2.38. The molecule has 0 aromatic carbocycles. The van der Waals surface area contributed by atoms with Crippen LogP contribution in [0.1, 0.15) is 23.7 Å². The molecule has 1 atom stereocenters. The van der Waals surface area contributed by atoms with Crippen LogP contribution >= 0.6 is 15.9 Å². The third-order valence-corrected chi connectivity index (χ3v) is 3.63. The highest BCUT2D eigenvalue weighted by molar-refractivity contribution is 9.10. The molecular formula is C12H18BrN3O2S. The van der Waals surface area contributed by atoms with E-state index in [1.807, 2.05) is 6.92 Å². The van der Waals surface area contributed by atoms with Gasteiger partial charge >= 0.3 is 0 Å². The number of halogens is 1. The summed E-state index contributed by atoms with van der Waals surface area (Å²) in [6.07, 6.45) is 4.01. The Bertz CT molecular complexity index is 468. The summed E-state index contributed by atoms with van der Waals surface area (Å²) in [5.74, 6) is 0.991. The van der Waals surface area contributed by atoms with Crippen molar-refractivity contribution in [3.63, 3.8) is 0 Å². The average Bonchev–Trinajstić information content (AvgIpc) is 2.36. The first-order valence-corrected chi connectivity index (χ1v) is 8.54. The second-order valence-corrected chi connectivity index (χ2v) is 6.44. The number of nitrogens with one attached hydrogen (secondary N) is 2. The van der Waals surface area contributed by atoms with Gasteiger partial charge in [-0.25, -0.2) is 4.98 Å². The summed E-state index contributed by atoms with van der Waals surface area (Å²) in [4.78, 5) is 16.2. The van der Waals surface area contributed by atoms with Gasteiger partial charge in [-0.1, -0.05) is 0 Å². The molecule has 0 radical (unpaired) electrons. The topological polar surface area (TPSA) is 71.1 Å². The van der Waals surface area contributed by atoms with E-state index in [9.17, 15) is 9.00 Å². The molecule has 19 heavy (non-hydrogen) atoms. The summed E-state index contributed by atoms with van der Waals surface area (Å²) in [5.41, 5.74) is 0.508. The predicted molar refractivity (Wildman–Crippen MR) is 82.0 cm³/mol. The third-order valence-electron chi connectivity index (χ3n) is 2.34. The van der Waals surface area contributed by atoms with Crippen molar-refractivity contribution in [2.24, 2.45) is 0 Å². The predicted octanol–water partition coefficient (Wildman–Crippen LogP) is 1.77. The number of carbonyl (C=O) groups is 1. The van der Waals surface area contributed by atoms with E-state index in [0.29, 0.717) is 36.6 Å². The maximum atomic E-state index is 12.0. The number of hydrogen-bond donors (Lipinski definition) is 2. The van der Waals surface area contributed by atoms with Crippen molar-refractivity contribution in [3.05, 3.63) is 22.3 Å². The van der Waals surface area contributed by atoms with Gasteiger partial charge in [-0.3, -0.25) is 9.00 Å². The number of anilines is 1. The molecule has 7 heteroatoms. The molecule has 0 fully saturated rings. The Morgan fingerprint density at radius 3 is 2.89 bits per heavy atom. The normalized spacial score (nSPS) is 11.9. The number of carbonyl (C=O) groups excluding carboxylic acids is 1. The molecule has 0 aliphatic rings. The zero-order chi connectivity index (χ0) is 14.3. The van der Waals surface area contributed by atoms with E-state index in [0.717, 1.165) is 4.47 Å². The van der Waals surface area contributed by atoms with E-state index in [1.165, 1.54) is 0 Å². The van der Waals surface area contributed by atoms with E-state index in [4.69, 9.17) is 0 Å². The lowest BCUT2D eigenvalue weighted by Gasteiger charge is -2.10. The maximum Gasteiger partial charge on any atom is 0.255 e. The molecule has 0 saturated carbocycles. The van der Waals surface area contributed by atoms with E-state index < -0.39 is 10.8 Å². The van der Waals surface area contributed by atoms with Crippen LogP contribution in [0.2, 0.25) is 0 Å². The molecule has 1 aromatic rings. The molecule has 0 aliphatic carbocycles. The van der Waals surface area contributed by atoms with Gasteiger partial charge in [0.05, 0.1) is 5.56 Å². The Kier molecular flexibility index (Phi) is 7.01. The van der Waals surface area contributed by atoms with Gasteiger partial charge in [0.2, 0.25) is 0 Å². The summed E-state index contributed by atoms with van der Waals surface area (Å²) in [6.45, 7) is 3.15. The van der Waals surface area contributed by atoms with E-state index >= 15 is 0 Å². The van der Waals surface area contributed by atoms with Crippen LogP contribution in [-0.2, 0) is 10.8 Å². The second-order valence-electron chi connectivity index (χ2n) is 3.97. The minimum Gasteiger partial charge on any atom is -0.370 e. The van der Waals surface area contributed by atoms with E-state index in [-0.39, 0.29) is 5.91 Å². The lowest BCUT2D eigenvalue weighted by atomic mass is 10.2. The molecule has 1 heterocycles. The van der Waals surface area contributed by atoms with Crippen molar-refractivity contribution in [1.29, 1.82) is 0 Å². The molecule has 106 valence electrons. The van der Waals surface area contributed by atoms with E-state index in [2.05, 4.69) is 31.5 Å². The van der Waals surface area contributed by atoms with Gasteiger partial charge in [0.15, 0.2) is 0 Å². The molecule has 1 amide bonds. The summed E-state index contributed by atoms with van der Waals surface area (Å²) >= 11 is 3.31. The lowest BCUT2D eigenvalue weighted by molar-refractivity contribution is 0.0954. The summed E-state index contributed by atoms with van der Waals surface area (Å²) in [5, 5.41) is 5.86. The van der Waals surface area contributed by atoms with Gasteiger partial charge in [-0.2, -0.15) is 0 Å². The Morgan fingerprint density at radius 2 is 2.26 bits per heavy atom. The second kappa shape index (κ2) is 8.27. The van der Waals surface area contributed by atoms with Crippen LogP contribution in [0.15, 0.2) is 16.7 Å². The minimum atomic E-state index is -0.819. The SMILES string of the molecule is CCNc1ncc(Br)cc1C(=O)NCCCS(C)=O. The van der Waals surface area contributed by atoms with Crippen LogP contribution in [0.3, 0.4) is 0 Å². The summed E-state index contributed by atoms with van der Waals surface area (Å²) < 4.78 is 11.7. The summed E-state index contributed by atoms with van der Waals surface area (Å²) in [6, 6.07) is 1.73. The van der Waals surface area contributed by atoms with Crippen LogP contribution in [0.25, 0.3) is 0 Å². The van der Waals surface area contributed by atoms with Crippen molar-refractivity contribution in [2.45, 2.75) is 13.3 Å². The zero-order valence-electron chi connectivity index (χ0n) is 11.0. The molecule has 1 rings (SSSR count). The van der Waals surface area contributed by atoms with Gasteiger partial charge in [-0.05, 0) is 35.3 Å². The smallest absolute Gasteiger partial charge is 0.255 e. The van der Waals surface area contributed by atoms with Gasteiger partial charge in [-0.15, -0.1) is 0 Å². The molecule has 0 spiro atoms. The lowest BCUT2D eigenvalue weighted by Crippen LogP contribution is -2.26. The number of pyridine rings is 1. The Labute approximate surface area is 124 Å². The van der Waals surface area contributed by atoms with Crippen molar-refractivity contribution >= 4 is 38.5 Å². The molecule has 1 unspecified atom stereocenters. The highest BCUT2D eigenvalue weighted by atomic mass is 79.9. The van der Waals surface area contributed by atoms with Crippen molar-refractivity contribution < 1.29 is 9.00 Å². The summed E-state index contributed by atoms with van der Waals surface area (Å²) in [7, 11) is -0.819. The highest BCUT2D eigenvalue weighted by Gasteiger charge is 2.12. The fourth-order valence-electron chi connectivity index (χ4n) is 1.49. The first-order chi connectivity index (χ1) is 9.04. The molecule has 0 bridgehead atoms. The third kappa shape index (κ3) is 5.69. The number of amides is 1. The van der Waals surface area contributed by atoms with Crippen LogP contribution in [0.5, 0.6) is 0 Å². The first kappa shape index (κ1) is 16.1. The van der Waals surface area contributed by atoms with Crippen molar-refractivity contribution in [1.82, 2.24) is 10.3 Å². The van der Waals surface area contributed by atoms with Gasteiger partial charge < -0.3 is 10.6 Å². The number of aromatic nitrogens is 1. The van der Waals surface area contributed by atoms with Crippen LogP contribution in [0, 0.1) is 0 Å². The van der Waals surface area contributed by atoms with E-state index in [1.54, 1.807) is 18.5 Å². The standard InChI is InChI=1S/C12H18BrN3O2S/c1-3-14-11-10(7-9(13)8-16-11)12(17)15-5-4-6-19(2)18/h7-8H,3-6H2,1-2H3,(H,14,16)(H,15,17). The number of hydrogen-bond acceptors (Lipinski definition) is 4. The highest BCUT2D eigenvalue weighted by Crippen LogP contribution is 2.17. The number of rotatable bonds is 7. The fraction of sp³-hybridized carbons (Fsp3) is 0.500. The Morgan fingerprint density at radius 1 is 1.53 bits per heavy atom. The van der Waals surface area contributed by atoms with Crippen molar-refractivity contribution in [3.8, 4) is 0 Å². The van der Waals surface area contributed by atoms with Crippen LogP contribution in [0.4, 0.5) is 5.82 Å². The molecule has 0 saturated heterocycles. The number of nitrogens with zero attached hydrogens (tertiary/aromatic N) is 1. The van der Waals surface area contributed by atoms with Crippen LogP contribution in [-0.4, -0.2) is 40.2 Å². The quantitative estimate of drug-likeness (QED) is 0.737. The Balaban J connectivity index is 2.64. The molecule has 1 aromatic heterocycles. The maximum absolute atomic E-state index is 12.0. The average molecular weight is 348 g/mol. The first-order valence-electron chi connectivity index (χ1n) is 6.02. The largest absolute Gasteiger partial charge is 0.370 e. The Hall–Kier alpha value is -0.950. The van der Waals surface area contributed by atoms with Crippen molar-refractivity contribution in [2.75, 3.05) is 30.4 Å². The van der Waals surface area contributed by atoms with Gasteiger partial charge in [0.25, 0.3) is 5.91 Å². The van der Waals surface area contributed by atoms with Gasteiger partial charge in [0, 0.05) is 46.6 Å². The minimum absolute atomic E-state index is 0.174. The molecular weight excluding hydrogens is 330 g/mol. The van der Waals surface area contributed by atoms with Gasteiger partial charge in [0.1, 0.15) is 5.82 Å². The van der Waals surface area contributed by atoms with Crippen LogP contribution < -0.4 is 10.6 Å². The molecule has 0 aliphatic heterocycles. The molecule has 2 N–H and O–H groups in total.